The normalized spacial score (nSPS) is 18.8. The lowest BCUT2D eigenvalue weighted by molar-refractivity contribution is 0.413. The fourth-order valence-electron chi connectivity index (χ4n) is 2.73. The average Bonchev–Trinajstić information content (AvgIpc) is 2.79. The minimum Gasteiger partial charge on any atom is -0.316 e. The lowest BCUT2D eigenvalue weighted by atomic mass is 9.91. The molecule has 0 spiro atoms. The molecule has 1 aromatic rings. The van der Waals surface area contributed by atoms with Crippen molar-refractivity contribution in [1.29, 1.82) is 0 Å². The van der Waals surface area contributed by atoms with E-state index in [0.717, 1.165) is 32.0 Å². The van der Waals surface area contributed by atoms with Crippen LogP contribution >= 0.6 is 11.3 Å². The standard InChI is InChI=1S/C16H29N3S/c1-12(2)10-17-11-13-6-5-7-14-16(13)18-15(20-14)8-9-19(3)4/h12-13,17H,5-11H2,1-4H3. The molecular weight excluding hydrogens is 266 g/mol. The van der Waals surface area contributed by atoms with Crippen LogP contribution in [0.2, 0.25) is 0 Å². The molecule has 0 saturated carbocycles. The van der Waals surface area contributed by atoms with Crippen molar-refractivity contribution < 1.29 is 0 Å². The van der Waals surface area contributed by atoms with Crippen LogP contribution in [-0.4, -0.2) is 43.6 Å². The summed E-state index contributed by atoms with van der Waals surface area (Å²) in [7, 11) is 4.26. The van der Waals surface area contributed by atoms with Gasteiger partial charge in [-0.3, -0.25) is 0 Å². The molecule has 20 heavy (non-hydrogen) atoms. The third-order valence-electron chi connectivity index (χ3n) is 3.83. The first kappa shape index (κ1) is 15.9. The van der Waals surface area contributed by atoms with E-state index in [1.807, 2.05) is 11.3 Å². The van der Waals surface area contributed by atoms with Crippen LogP contribution in [0.4, 0.5) is 0 Å². The van der Waals surface area contributed by atoms with Gasteiger partial charge in [-0.1, -0.05) is 13.8 Å². The summed E-state index contributed by atoms with van der Waals surface area (Å²) in [4.78, 5) is 8.75. The first-order valence-electron chi connectivity index (χ1n) is 7.90. The molecule has 4 heteroatoms. The Hall–Kier alpha value is -0.450. The molecule has 1 unspecified atom stereocenters. The van der Waals surface area contributed by atoms with Gasteiger partial charge in [0.05, 0.1) is 10.7 Å². The summed E-state index contributed by atoms with van der Waals surface area (Å²) < 4.78 is 0. The zero-order chi connectivity index (χ0) is 14.5. The number of fused-ring (bicyclic) bond motifs is 1. The second-order valence-corrected chi connectivity index (χ2v) is 7.78. The van der Waals surface area contributed by atoms with E-state index >= 15 is 0 Å². The maximum Gasteiger partial charge on any atom is 0.0944 e. The molecule has 0 amide bonds. The van der Waals surface area contributed by atoms with E-state index in [0.29, 0.717) is 5.92 Å². The Morgan fingerprint density at radius 3 is 2.90 bits per heavy atom. The third-order valence-corrected chi connectivity index (χ3v) is 5.02. The number of thiazole rings is 1. The molecule has 0 fully saturated rings. The van der Waals surface area contributed by atoms with Gasteiger partial charge in [-0.15, -0.1) is 11.3 Å². The summed E-state index contributed by atoms with van der Waals surface area (Å²) in [6, 6.07) is 0. The van der Waals surface area contributed by atoms with Crippen LogP contribution in [0.25, 0.3) is 0 Å². The van der Waals surface area contributed by atoms with Crippen LogP contribution in [0, 0.1) is 5.92 Å². The number of aryl methyl sites for hydroxylation is 1. The molecule has 3 nitrogen and oxygen atoms in total. The minimum atomic E-state index is 0.641. The quantitative estimate of drug-likeness (QED) is 0.838. The van der Waals surface area contributed by atoms with E-state index in [9.17, 15) is 0 Å². The Labute approximate surface area is 127 Å². The molecule has 1 aliphatic rings. The molecule has 0 aliphatic heterocycles. The summed E-state index contributed by atoms with van der Waals surface area (Å²) in [5.74, 6) is 1.37. The Morgan fingerprint density at radius 2 is 2.20 bits per heavy atom. The zero-order valence-corrected chi connectivity index (χ0v) is 14.2. The maximum absolute atomic E-state index is 4.95. The molecule has 114 valence electrons. The summed E-state index contributed by atoms with van der Waals surface area (Å²) in [6.07, 6.45) is 4.97. The largest absolute Gasteiger partial charge is 0.316 e. The first-order valence-corrected chi connectivity index (χ1v) is 8.71. The van der Waals surface area contributed by atoms with Crippen LogP contribution in [0.15, 0.2) is 0 Å². The van der Waals surface area contributed by atoms with E-state index in [1.165, 1.54) is 30.0 Å². The lowest BCUT2D eigenvalue weighted by Gasteiger charge is -2.22. The van der Waals surface area contributed by atoms with Crippen molar-refractivity contribution in [2.75, 3.05) is 33.7 Å². The fraction of sp³-hybridized carbons (Fsp3) is 0.812. The summed E-state index contributed by atoms with van der Waals surface area (Å²) in [5, 5.41) is 4.94. The van der Waals surface area contributed by atoms with Crippen molar-refractivity contribution >= 4 is 11.3 Å². The van der Waals surface area contributed by atoms with Crippen LogP contribution in [0.3, 0.4) is 0 Å². The van der Waals surface area contributed by atoms with E-state index < -0.39 is 0 Å². The average molecular weight is 295 g/mol. The monoisotopic (exact) mass is 295 g/mol. The number of aromatic nitrogens is 1. The van der Waals surface area contributed by atoms with Crippen LogP contribution in [0.5, 0.6) is 0 Å². The predicted octanol–water partition coefficient (Wildman–Crippen LogP) is 2.91. The van der Waals surface area contributed by atoms with E-state index in [2.05, 4.69) is 38.2 Å². The maximum atomic E-state index is 4.95. The molecule has 1 aliphatic carbocycles. The third kappa shape index (κ3) is 4.54. The zero-order valence-electron chi connectivity index (χ0n) is 13.4. The van der Waals surface area contributed by atoms with Gasteiger partial charge in [0.1, 0.15) is 0 Å². The van der Waals surface area contributed by atoms with Crippen LogP contribution in [0.1, 0.15) is 48.2 Å². The molecule has 0 aromatic carbocycles. The van der Waals surface area contributed by atoms with E-state index in [4.69, 9.17) is 4.98 Å². The topological polar surface area (TPSA) is 28.2 Å². The summed E-state index contributed by atoms with van der Waals surface area (Å²) in [6.45, 7) is 7.84. The molecule has 1 atom stereocenters. The van der Waals surface area contributed by atoms with E-state index in [-0.39, 0.29) is 0 Å². The van der Waals surface area contributed by atoms with Crippen molar-refractivity contribution in [3.63, 3.8) is 0 Å². The second kappa shape index (κ2) is 7.53. The highest BCUT2D eigenvalue weighted by atomic mass is 32.1. The van der Waals surface area contributed by atoms with Gasteiger partial charge in [0, 0.05) is 30.3 Å². The SMILES string of the molecule is CC(C)CNCC1CCCc2sc(CCN(C)C)nc21. The van der Waals surface area contributed by atoms with Gasteiger partial charge in [-0.05, 0) is 45.8 Å². The van der Waals surface area contributed by atoms with Gasteiger partial charge in [0.25, 0.3) is 0 Å². The highest BCUT2D eigenvalue weighted by molar-refractivity contribution is 7.11. The van der Waals surface area contributed by atoms with Crippen molar-refractivity contribution in [2.45, 2.75) is 45.4 Å². The van der Waals surface area contributed by atoms with Crippen molar-refractivity contribution in [1.82, 2.24) is 15.2 Å². The lowest BCUT2D eigenvalue weighted by Crippen LogP contribution is -2.27. The van der Waals surface area contributed by atoms with Crippen molar-refractivity contribution in [3.8, 4) is 0 Å². The Balaban J connectivity index is 1.95. The summed E-state index contributed by atoms with van der Waals surface area (Å²) >= 11 is 1.96. The molecule has 2 rings (SSSR count). The highest BCUT2D eigenvalue weighted by Crippen LogP contribution is 2.34. The Morgan fingerprint density at radius 1 is 1.40 bits per heavy atom. The predicted molar refractivity (Wildman–Crippen MR) is 87.8 cm³/mol. The molecule has 0 bridgehead atoms. The molecule has 1 N–H and O–H groups in total. The van der Waals surface area contributed by atoms with Crippen molar-refractivity contribution in [2.24, 2.45) is 5.92 Å². The summed E-state index contributed by atoms with van der Waals surface area (Å²) in [5.41, 5.74) is 1.41. The van der Waals surface area contributed by atoms with Gasteiger partial charge in [0.2, 0.25) is 0 Å². The molecule has 0 radical (unpaired) electrons. The molecule has 1 heterocycles. The number of nitrogens with zero attached hydrogens (tertiary/aromatic N) is 2. The Bertz CT molecular complexity index is 412. The van der Waals surface area contributed by atoms with Crippen LogP contribution < -0.4 is 5.32 Å². The number of hydrogen-bond acceptors (Lipinski definition) is 4. The number of rotatable bonds is 7. The number of nitrogens with one attached hydrogen (secondary N) is 1. The smallest absolute Gasteiger partial charge is 0.0944 e. The van der Waals surface area contributed by atoms with Gasteiger partial charge >= 0.3 is 0 Å². The highest BCUT2D eigenvalue weighted by Gasteiger charge is 2.24. The van der Waals surface area contributed by atoms with Gasteiger partial charge in [-0.2, -0.15) is 0 Å². The number of likely N-dealkylation sites (N-methyl/N-ethyl adjacent to an activating group) is 1. The second-order valence-electron chi connectivity index (χ2n) is 6.61. The Kier molecular flexibility index (Phi) is 6.00. The molecular formula is C16H29N3S. The van der Waals surface area contributed by atoms with Gasteiger partial charge < -0.3 is 10.2 Å². The van der Waals surface area contributed by atoms with E-state index in [1.54, 1.807) is 4.88 Å². The molecule has 1 aromatic heterocycles. The van der Waals surface area contributed by atoms with Crippen molar-refractivity contribution in [3.05, 3.63) is 15.6 Å². The van der Waals surface area contributed by atoms with Gasteiger partial charge in [-0.25, -0.2) is 4.98 Å². The fourth-order valence-corrected chi connectivity index (χ4v) is 3.91. The van der Waals surface area contributed by atoms with Crippen LogP contribution in [-0.2, 0) is 12.8 Å². The molecule has 0 saturated heterocycles. The number of hydrogen-bond donors (Lipinski definition) is 1. The first-order chi connectivity index (χ1) is 9.56. The van der Waals surface area contributed by atoms with Gasteiger partial charge in [0.15, 0.2) is 0 Å². The minimum absolute atomic E-state index is 0.641.